The molecule has 0 radical (unpaired) electrons. The summed E-state index contributed by atoms with van der Waals surface area (Å²) in [4.78, 5) is 35.5. The first-order valence-corrected chi connectivity index (χ1v) is 9.82. The molecule has 0 aliphatic heterocycles. The van der Waals surface area contributed by atoms with Gasteiger partial charge in [-0.15, -0.1) is 0 Å². The van der Waals surface area contributed by atoms with Gasteiger partial charge in [-0.1, -0.05) is 31.5 Å². The maximum Gasteiger partial charge on any atom is 0.243 e. The van der Waals surface area contributed by atoms with Gasteiger partial charge in [-0.2, -0.15) is 0 Å². The number of hydrogen-bond donors (Lipinski definition) is 4. The highest BCUT2D eigenvalue weighted by atomic mass is 35.5. The summed E-state index contributed by atoms with van der Waals surface area (Å²) >= 11 is 6.15. The molecule has 0 saturated carbocycles. The summed E-state index contributed by atoms with van der Waals surface area (Å²) in [6.45, 7) is 3.71. The van der Waals surface area contributed by atoms with E-state index < -0.39 is 0 Å². The molecular formula is C21H25ClN4O3. The molecule has 8 heteroatoms. The number of rotatable bonds is 9. The summed E-state index contributed by atoms with van der Waals surface area (Å²) in [7, 11) is 0. The lowest BCUT2D eigenvalue weighted by Crippen LogP contribution is -2.22. The van der Waals surface area contributed by atoms with Crippen molar-refractivity contribution in [1.29, 1.82) is 0 Å². The van der Waals surface area contributed by atoms with E-state index in [1.165, 1.54) is 0 Å². The number of benzene rings is 2. The second-order valence-electron chi connectivity index (χ2n) is 6.38. The van der Waals surface area contributed by atoms with Crippen LogP contribution >= 0.6 is 11.6 Å². The Balaban J connectivity index is 1.94. The van der Waals surface area contributed by atoms with Gasteiger partial charge in [-0.25, -0.2) is 0 Å². The summed E-state index contributed by atoms with van der Waals surface area (Å²) < 4.78 is 0. The number of nitrogens with one attached hydrogen (secondary N) is 4. The minimum Gasteiger partial charge on any atom is -0.376 e. The lowest BCUT2D eigenvalue weighted by Gasteiger charge is -2.12. The zero-order valence-electron chi connectivity index (χ0n) is 16.5. The molecule has 0 saturated heterocycles. The lowest BCUT2D eigenvalue weighted by molar-refractivity contribution is -0.116. The van der Waals surface area contributed by atoms with Gasteiger partial charge in [0.15, 0.2) is 0 Å². The van der Waals surface area contributed by atoms with Gasteiger partial charge in [0.05, 0.1) is 17.3 Å². The number of carbonyl (C=O) groups is 3. The van der Waals surface area contributed by atoms with Crippen LogP contribution in [0, 0.1) is 0 Å². The molecule has 0 atom stereocenters. The van der Waals surface area contributed by atoms with Gasteiger partial charge in [0, 0.05) is 29.9 Å². The highest BCUT2D eigenvalue weighted by Crippen LogP contribution is 2.25. The molecule has 0 spiro atoms. The molecule has 0 aliphatic rings. The third kappa shape index (κ3) is 7.46. The van der Waals surface area contributed by atoms with E-state index in [1.807, 2.05) is 6.92 Å². The Morgan fingerprint density at radius 1 is 0.828 bits per heavy atom. The second kappa shape index (κ2) is 11.1. The average Bonchev–Trinajstić information content (AvgIpc) is 2.69. The molecule has 29 heavy (non-hydrogen) atoms. The zero-order chi connectivity index (χ0) is 21.2. The van der Waals surface area contributed by atoms with Crippen molar-refractivity contribution in [1.82, 2.24) is 0 Å². The maximum absolute atomic E-state index is 12.3. The Bertz CT molecular complexity index is 886. The van der Waals surface area contributed by atoms with Crippen molar-refractivity contribution >= 4 is 52.1 Å². The molecular weight excluding hydrogens is 392 g/mol. The zero-order valence-corrected chi connectivity index (χ0v) is 17.2. The van der Waals surface area contributed by atoms with E-state index in [4.69, 9.17) is 11.6 Å². The first-order valence-electron chi connectivity index (χ1n) is 9.44. The highest BCUT2D eigenvalue weighted by Gasteiger charge is 2.09. The second-order valence-corrected chi connectivity index (χ2v) is 6.78. The Morgan fingerprint density at radius 3 is 2.24 bits per heavy atom. The van der Waals surface area contributed by atoms with Crippen molar-refractivity contribution in [3.05, 3.63) is 47.5 Å². The fraction of sp³-hybridized carbons (Fsp3) is 0.286. The Labute approximate surface area is 175 Å². The minimum atomic E-state index is -0.299. The monoisotopic (exact) mass is 416 g/mol. The molecule has 0 fully saturated rings. The van der Waals surface area contributed by atoms with Crippen molar-refractivity contribution in [3.8, 4) is 0 Å². The number of anilines is 4. The van der Waals surface area contributed by atoms with Crippen LogP contribution < -0.4 is 21.3 Å². The van der Waals surface area contributed by atoms with Crippen LogP contribution in [-0.2, 0) is 14.4 Å². The molecule has 3 amide bonds. The lowest BCUT2D eigenvalue weighted by atomic mass is 10.2. The fourth-order valence-corrected chi connectivity index (χ4v) is 2.65. The summed E-state index contributed by atoms with van der Waals surface area (Å²) in [6.07, 6.45) is 1.56. The highest BCUT2D eigenvalue weighted by molar-refractivity contribution is 6.33. The van der Waals surface area contributed by atoms with E-state index in [0.717, 1.165) is 6.42 Å². The Morgan fingerprint density at radius 2 is 1.52 bits per heavy atom. The van der Waals surface area contributed by atoms with Crippen molar-refractivity contribution in [2.45, 2.75) is 33.1 Å². The number of carbonyl (C=O) groups excluding carboxylic acids is 3. The third-order valence-electron chi connectivity index (χ3n) is 3.92. The average molecular weight is 417 g/mol. The van der Waals surface area contributed by atoms with E-state index in [0.29, 0.717) is 40.6 Å². The number of amides is 3. The predicted octanol–water partition coefficient (Wildman–Crippen LogP) is 4.48. The van der Waals surface area contributed by atoms with Gasteiger partial charge in [-0.05, 0) is 42.8 Å². The summed E-state index contributed by atoms with van der Waals surface area (Å²) in [5.41, 5.74) is 2.33. The number of hydrogen-bond acceptors (Lipinski definition) is 4. The van der Waals surface area contributed by atoms with Crippen LogP contribution in [0.25, 0.3) is 0 Å². The molecule has 0 unspecified atom stereocenters. The normalized spacial score (nSPS) is 10.2. The first kappa shape index (κ1) is 22.2. The summed E-state index contributed by atoms with van der Waals surface area (Å²) in [5.74, 6) is -0.476. The molecule has 2 rings (SSSR count). The van der Waals surface area contributed by atoms with Gasteiger partial charge >= 0.3 is 0 Å². The maximum atomic E-state index is 12.3. The van der Waals surface area contributed by atoms with Crippen LogP contribution in [0.1, 0.15) is 33.1 Å². The van der Waals surface area contributed by atoms with E-state index in [2.05, 4.69) is 21.3 Å². The van der Waals surface area contributed by atoms with Crippen LogP contribution in [0.4, 0.5) is 22.7 Å². The number of halogens is 1. The Kier molecular flexibility index (Phi) is 8.48. The SMILES string of the molecule is CCCC(=O)Nc1ccc(Cl)c(NC(=O)CNc2cccc(NC(=O)CC)c2)c1. The van der Waals surface area contributed by atoms with Crippen LogP contribution in [0.2, 0.25) is 5.02 Å². The molecule has 0 aliphatic carbocycles. The van der Waals surface area contributed by atoms with E-state index in [1.54, 1.807) is 49.4 Å². The van der Waals surface area contributed by atoms with E-state index in [9.17, 15) is 14.4 Å². The van der Waals surface area contributed by atoms with Crippen LogP contribution in [0.15, 0.2) is 42.5 Å². The molecule has 0 aromatic heterocycles. The van der Waals surface area contributed by atoms with Crippen molar-refractivity contribution in [2.75, 3.05) is 27.8 Å². The van der Waals surface area contributed by atoms with Gasteiger partial charge in [0.1, 0.15) is 0 Å². The topological polar surface area (TPSA) is 99.3 Å². The van der Waals surface area contributed by atoms with Crippen LogP contribution in [0.5, 0.6) is 0 Å². The summed E-state index contributed by atoms with van der Waals surface area (Å²) in [5, 5.41) is 11.6. The largest absolute Gasteiger partial charge is 0.376 e. The van der Waals surface area contributed by atoms with Gasteiger partial charge in [-0.3, -0.25) is 14.4 Å². The van der Waals surface area contributed by atoms with Gasteiger partial charge in [0.25, 0.3) is 0 Å². The van der Waals surface area contributed by atoms with Gasteiger partial charge < -0.3 is 21.3 Å². The fourth-order valence-electron chi connectivity index (χ4n) is 2.48. The quantitative estimate of drug-likeness (QED) is 0.484. The first-order chi connectivity index (χ1) is 13.9. The Hall–Kier alpha value is -3.06. The van der Waals surface area contributed by atoms with Crippen molar-refractivity contribution in [2.24, 2.45) is 0 Å². The molecule has 2 aromatic rings. The van der Waals surface area contributed by atoms with Crippen molar-refractivity contribution in [3.63, 3.8) is 0 Å². The molecule has 0 heterocycles. The smallest absolute Gasteiger partial charge is 0.243 e. The predicted molar refractivity (Wildman–Crippen MR) is 117 cm³/mol. The van der Waals surface area contributed by atoms with Crippen LogP contribution in [0.3, 0.4) is 0 Å². The molecule has 7 nitrogen and oxygen atoms in total. The standard InChI is InChI=1S/C21H25ClN4O3/c1-3-6-20(28)25-16-9-10-17(22)18(12-16)26-21(29)13-23-14-7-5-8-15(11-14)24-19(27)4-2/h5,7-12,23H,3-4,6,13H2,1-2H3,(H,24,27)(H,25,28)(H,26,29). The van der Waals surface area contributed by atoms with Gasteiger partial charge in [0.2, 0.25) is 17.7 Å². The molecule has 4 N–H and O–H groups in total. The molecule has 154 valence electrons. The van der Waals surface area contributed by atoms with E-state index in [-0.39, 0.29) is 24.3 Å². The van der Waals surface area contributed by atoms with Crippen molar-refractivity contribution < 1.29 is 14.4 Å². The molecule has 0 bridgehead atoms. The summed E-state index contributed by atoms with van der Waals surface area (Å²) in [6, 6.07) is 12.0. The minimum absolute atomic E-state index is 0.00786. The van der Waals surface area contributed by atoms with E-state index >= 15 is 0 Å². The third-order valence-corrected chi connectivity index (χ3v) is 4.25. The van der Waals surface area contributed by atoms with Crippen LogP contribution in [-0.4, -0.2) is 24.3 Å². The molecule has 2 aromatic carbocycles.